The minimum Gasteiger partial charge on any atom is -0.497 e. The van der Waals surface area contributed by atoms with Crippen molar-refractivity contribution in [1.82, 2.24) is 14.9 Å². The molecule has 2 rings (SSSR count). The number of methoxy groups -OCH3 is 1. The van der Waals surface area contributed by atoms with Gasteiger partial charge in [0.25, 0.3) is 0 Å². The smallest absolute Gasteiger partial charge is 0.227 e. The van der Waals surface area contributed by atoms with E-state index in [4.69, 9.17) is 4.74 Å². The van der Waals surface area contributed by atoms with E-state index in [-0.39, 0.29) is 11.8 Å². The van der Waals surface area contributed by atoms with Crippen LogP contribution < -0.4 is 10.1 Å². The van der Waals surface area contributed by atoms with Crippen molar-refractivity contribution in [2.75, 3.05) is 13.7 Å². The molecule has 0 spiro atoms. The van der Waals surface area contributed by atoms with Crippen LogP contribution in [0.5, 0.6) is 5.75 Å². The van der Waals surface area contributed by atoms with E-state index in [0.29, 0.717) is 6.54 Å². The zero-order valence-corrected chi connectivity index (χ0v) is 13.4. The largest absolute Gasteiger partial charge is 0.497 e. The maximum atomic E-state index is 12.4. The number of hydrogen-bond donors (Lipinski definition) is 1. The van der Waals surface area contributed by atoms with E-state index < -0.39 is 0 Å². The van der Waals surface area contributed by atoms with E-state index in [0.717, 1.165) is 29.8 Å². The fourth-order valence-corrected chi connectivity index (χ4v) is 2.44. The normalized spacial score (nSPS) is 12.0. The third-order valence-electron chi connectivity index (χ3n) is 3.68. The maximum absolute atomic E-state index is 12.4. The Hall–Kier alpha value is -2.30. The summed E-state index contributed by atoms with van der Waals surface area (Å²) in [5, 5.41) is 3.00. The molecule has 1 N–H and O–H groups in total. The van der Waals surface area contributed by atoms with Crippen LogP contribution in [0.4, 0.5) is 0 Å². The van der Waals surface area contributed by atoms with Crippen LogP contribution >= 0.6 is 0 Å². The topological polar surface area (TPSA) is 56.2 Å². The number of amides is 1. The molecule has 0 bridgehead atoms. The molecule has 0 aliphatic heterocycles. The highest BCUT2D eigenvalue weighted by atomic mass is 16.5. The van der Waals surface area contributed by atoms with Gasteiger partial charge in [-0.1, -0.05) is 19.1 Å². The summed E-state index contributed by atoms with van der Waals surface area (Å²) in [4.78, 5) is 16.6. The van der Waals surface area contributed by atoms with Crippen molar-refractivity contribution in [1.29, 1.82) is 0 Å². The maximum Gasteiger partial charge on any atom is 0.227 e. The number of nitrogens with one attached hydrogen (secondary N) is 1. The summed E-state index contributed by atoms with van der Waals surface area (Å²) in [6.07, 6.45) is 5.24. The van der Waals surface area contributed by atoms with Crippen LogP contribution in [-0.4, -0.2) is 29.1 Å². The van der Waals surface area contributed by atoms with Crippen molar-refractivity contribution < 1.29 is 9.53 Å². The lowest BCUT2D eigenvalue weighted by atomic mass is 9.95. The molecule has 5 nitrogen and oxygen atoms in total. The summed E-state index contributed by atoms with van der Waals surface area (Å²) in [7, 11) is 3.57. The number of carbonyl (C=O) groups excluding carboxylic acids is 1. The molecule has 1 atom stereocenters. The first kappa shape index (κ1) is 16.1. The number of ether oxygens (including phenoxy) is 1. The second-order valence-corrected chi connectivity index (χ2v) is 5.31. The zero-order valence-electron chi connectivity index (χ0n) is 13.4. The molecular formula is C17H23N3O2. The van der Waals surface area contributed by atoms with Gasteiger partial charge in [-0.15, -0.1) is 0 Å². The minimum atomic E-state index is -0.130. The van der Waals surface area contributed by atoms with E-state index >= 15 is 0 Å². The van der Waals surface area contributed by atoms with Gasteiger partial charge in [0.1, 0.15) is 5.75 Å². The van der Waals surface area contributed by atoms with E-state index in [2.05, 4.69) is 10.3 Å². The van der Waals surface area contributed by atoms with Crippen LogP contribution in [0.3, 0.4) is 0 Å². The molecular weight excluding hydrogens is 278 g/mol. The van der Waals surface area contributed by atoms with Gasteiger partial charge in [0, 0.05) is 26.2 Å². The molecule has 1 aromatic carbocycles. The first-order valence-corrected chi connectivity index (χ1v) is 7.52. The molecule has 5 heteroatoms. The summed E-state index contributed by atoms with van der Waals surface area (Å²) in [6, 6.07) is 7.68. The summed E-state index contributed by atoms with van der Waals surface area (Å²) < 4.78 is 7.06. The summed E-state index contributed by atoms with van der Waals surface area (Å²) in [6.45, 7) is 2.62. The number of hydrogen-bond acceptors (Lipinski definition) is 3. The van der Waals surface area contributed by atoms with Gasteiger partial charge in [-0.05, 0) is 24.1 Å². The average Bonchev–Trinajstić information content (AvgIpc) is 2.94. The molecule has 118 valence electrons. The Morgan fingerprint density at radius 2 is 2.09 bits per heavy atom. The monoisotopic (exact) mass is 301 g/mol. The highest BCUT2D eigenvalue weighted by Crippen LogP contribution is 2.22. The first-order chi connectivity index (χ1) is 10.6. The second-order valence-electron chi connectivity index (χ2n) is 5.31. The Balaban J connectivity index is 1.90. The van der Waals surface area contributed by atoms with Crippen molar-refractivity contribution in [2.45, 2.75) is 25.7 Å². The molecule has 0 saturated carbocycles. The molecule has 1 amide bonds. The van der Waals surface area contributed by atoms with Gasteiger partial charge in [-0.25, -0.2) is 4.98 Å². The van der Waals surface area contributed by atoms with Crippen LogP contribution in [-0.2, 0) is 18.3 Å². The van der Waals surface area contributed by atoms with Gasteiger partial charge in [-0.3, -0.25) is 4.79 Å². The van der Waals surface area contributed by atoms with Crippen molar-refractivity contribution >= 4 is 5.91 Å². The van der Waals surface area contributed by atoms with Gasteiger partial charge < -0.3 is 14.6 Å². The highest BCUT2D eigenvalue weighted by molar-refractivity contribution is 5.83. The third kappa shape index (κ3) is 4.10. The summed E-state index contributed by atoms with van der Waals surface area (Å²) in [5.41, 5.74) is 2.00. The average molecular weight is 301 g/mol. The molecule has 2 aromatic rings. The molecule has 1 unspecified atom stereocenters. The van der Waals surface area contributed by atoms with Crippen LogP contribution in [0.1, 0.15) is 30.5 Å². The van der Waals surface area contributed by atoms with Crippen molar-refractivity contribution in [3.05, 3.63) is 48.0 Å². The lowest BCUT2D eigenvalue weighted by molar-refractivity contribution is -0.122. The second kappa shape index (κ2) is 7.64. The highest BCUT2D eigenvalue weighted by Gasteiger charge is 2.18. The number of aromatic nitrogens is 2. The van der Waals surface area contributed by atoms with Crippen LogP contribution in [0.2, 0.25) is 0 Å². The van der Waals surface area contributed by atoms with Crippen molar-refractivity contribution in [2.24, 2.45) is 7.05 Å². The molecule has 22 heavy (non-hydrogen) atoms. The summed E-state index contributed by atoms with van der Waals surface area (Å²) >= 11 is 0. The SMILES string of the molecule is CCC(C(=O)NCCc1cn(C)cn1)c1ccc(OC)cc1. The fraction of sp³-hybridized carbons (Fsp3) is 0.412. The molecule has 0 aliphatic rings. The van der Waals surface area contributed by atoms with E-state index in [9.17, 15) is 4.79 Å². The fourth-order valence-electron chi connectivity index (χ4n) is 2.44. The zero-order chi connectivity index (χ0) is 15.9. The van der Waals surface area contributed by atoms with Crippen molar-refractivity contribution in [3.8, 4) is 5.75 Å². The number of rotatable bonds is 7. The Labute approximate surface area is 131 Å². The van der Waals surface area contributed by atoms with Crippen LogP contribution in [0, 0.1) is 0 Å². The lowest BCUT2D eigenvalue weighted by Crippen LogP contribution is -2.30. The third-order valence-corrected chi connectivity index (χ3v) is 3.68. The molecule has 0 fully saturated rings. The predicted molar refractivity (Wildman–Crippen MR) is 85.9 cm³/mol. The quantitative estimate of drug-likeness (QED) is 0.853. The van der Waals surface area contributed by atoms with Gasteiger partial charge in [0.15, 0.2) is 0 Å². The Morgan fingerprint density at radius 1 is 1.36 bits per heavy atom. The Morgan fingerprint density at radius 3 is 2.64 bits per heavy atom. The molecule has 0 aliphatic carbocycles. The predicted octanol–water partition coefficient (Wildman–Crippen LogP) is 2.28. The Kier molecular flexibility index (Phi) is 5.58. The number of aryl methyl sites for hydroxylation is 1. The number of carbonyl (C=O) groups is 1. The first-order valence-electron chi connectivity index (χ1n) is 7.52. The summed E-state index contributed by atoms with van der Waals surface area (Å²) in [5.74, 6) is 0.729. The number of benzene rings is 1. The Bertz CT molecular complexity index is 605. The minimum absolute atomic E-state index is 0.0589. The van der Waals surface area contributed by atoms with Crippen LogP contribution in [0.15, 0.2) is 36.8 Å². The standard InChI is InChI=1S/C17H23N3O2/c1-4-16(13-5-7-15(22-3)8-6-13)17(21)18-10-9-14-11-20(2)12-19-14/h5-8,11-12,16H,4,9-10H2,1-3H3,(H,18,21). The van der Waals surface area contributed by atoms with E-state index in [1.54, 1.807) is 13.4 Å². The molecule has 1 aromatic heterocycles. The van der Waals surface area contributed by atoms with E-state index in [1.165, 1.54) is 0 Å². The van der Waals surface area contributed by atoms with E-state index in [1.807, 2.05) is 49.0 Å². The number of imidazole rings is 1. The molecule has 1 heterocycles. The van der Waals surface area contributed by atoms with Gasteiger partial charge in [0.05, 0.1) is 25.0 Å². The van der Waals surface area contributed by atoms with Crippen molar-refractivity contribution in [3.63, 3.8) is 0 Å². The van der Waals surface area contributed by atoms with Gasteiger partial charge in [0.2, 0.25) is 5.91 Å². The van der Waals surface area contributed by atoms with Gasteiger partial charge in [-0.2, -0.15) is 0 Å². The molecule has 0 radical (unpaired) electrons. The lowest BCUT2D eigenvalue weighted by Gasteiger charge is -2.15. The number of nitrogens with zero attached hydrogens (tertiary/aromatic N) is 2. The van der Waals surface area contributed by atoms with Gasteiger partial charge >= 0.3 is 0 Å². The van der Waals surface area contributed by atoms with Crippen LogP contribution in [0.25, 0.3) is 0 Å². The molecule has 0 saturated heterocycles.